The molecule has 1 aromatic carbocycles. The SMILES string of the molecule is CCCC(C)(CC)c1ccc(F)c(F)c1. The highest BCUT2D eigenvalue weighted by atomic mass is 19.2. The molecule has 0 N–H and O–H groups in total. The summed E-state index contributed by atoms with van der Waals surface area (Å²) in [6.07, 6.45) is 2.98. The molecular weight excluding hydrogens is 194 g/mol. The maximum absolute atomic E-state index is 13.1. The highest BCUT2D eigenvalue weighted by Gasteiger charge is 2.24. The van der Waals surface area contributed by atoms with E-state index in [2.05, 4.69) is 20.8 Å². The van der Waals surface area contributed by atoms with Crippen LogP contribution in [0.2, 0.25) is 0 Å². The Labute approximate surface area is 90.3 Å². The molecule has 0 saturated heterocycles. The molecule has 0 bridgehead atoms. The minimum atomic E-state index is -0.770. The lowest BCUT2D eigenvalue weighted by Gasteiger charge is -2.28. The van der Waals surface area contributed by atoms with Gasteiger partial charge in [-0.3, -0.25) is 0 Å². The summed E-state index contributed by atoms with van der Waals surface area (Å²) in [5, 5.41) is 0. The molecule has 0 aromatic heterocycles. The molecule has 15 heavy (non-hydrogen) atoms. The van der Waals surface area contributed by atoms with Crippen LogP contribution < -0.4 is 0 Å². The van der Waals surface area contributed by atoms with Gasteiger partial charge in [0.25, 0.3) is 0 Å². The number of halogens is 2. The van der Waals surface area contributed by atoms with Gasteiger partial charge >= 0.3 is 0 Å². The molecule has 0 fully saturated rings. The molecule has 0 aliphatic carbocycles. The van der Waals surface area contributed by atoms with Crippen molar-refractivity contribution in [1.82, 2.24) is 0 Å². The number of benzene rings is 1. The van der Waals surface area contributed by atoms with Crippen molar-refractivity contribution in [2.45, 2.75) is 45.4 Å². The Kier molecular flexibility index (Phi) is 3.83. The Balaban J connectivity index is 3.07. The largest absolute Gasteiger partial charge is 0.204 e. The highest BCUT2D eigenvalue weighted by molar-refractivity contribution is 5.25. The van der Waals surface area contributed by atoms with Crippen molar-refractivity contribution in [2.24, 2.45) is 0 Å². The maximum atomic E-state index is 13.1. The molecule has 0 amide bonds. The zero-order chi connectivity index (χ0) is 11.5. The highest BCUT2D eigenvalue weighted by Crippen LogP contribution is 2.32. The molecule has 2 heteroatoms. The average Bonchev–Trinajstić information content (AvgIpc) is 2.22. The van der Waals surface area contributed by atoms with Crippen LogP contribution in [0.15, 0.2) is 18.2 Å². The molecule has 0 nitrogen and oxygen atoms in total. The van der Waals surface area contributed by atoms with E-state index >= 15 is 0 Å². The fourth-order valence-corrected chi connectivity index (χ4v) is 1.95. The lowest BCUT2D eigenvalue weighted by atomic mass is 9.76. The molecule has 0 aliphatic heterocycles. The van der Waals surface area contributed by atoms with Crippen LogP contribution in [0.5, 0.6) is 0 Å². The Morgan fingerprint density at radius 1 is 1.13 bits per heavy atom. The molecule has 1 aromatic rings. The first-order chi connectivity index (χ1) is 7.03. The minimum absolute atomic E-state index is 0.0384. The summed E-state index contributed by atoms with van der Waals surface area (Å²) >= 11 is 0. The van der Waals surface area contributed by atoms with Crippen LogP contribution in [-0.4, -0.2) is 0 Å². The monoisotopic (exact) mass is 212 g/mol. The van der Waals surface area contributed by atoms with Crippen LogP contribution in [0.1, 0.15) is 45.6 Å². The minimum Gasteiger partial charge on any atom is -0.204 e. The lowest BCUT2D eigenvalue weighted by molar-refractivity contribution is 0.408. The molecule has 0 saturated carbocycles. The van der Waals surface area contributed by atoms with E-state index in [4.69, 9.17) is 0 Å². The van der Waals surface area contributed by atoms with Crippen LogP contribution in [0.25, 0.3) is 0 Å². The van der Waals surface area contributed by atoms with Gasteiger partial charge in [0.1, 0.15) is 0 Å². The molecule has 1 atom stereocenters. The topological polar surface area (TPSA) is 0 Å². The molecule has 0 spiro atoms. The van der Waals surface area contributed by atoms with E-state index in [0.29, 0.717) is 0 Å². The first kappa shape index (κ1) is 12.2. The van der Waals surface area contributed by atoms with Crippen molar-refractivity contribution in [3.05, 3.63) is 35.4 Å². The van der Waals surface area contributed by atoms with E-state index in [1.54, 1.807) is 6.07 Å². The smallest absolute Gasteiger partial charge is 0.159 e. The van der Waals surface area contributed by atoms with Crippen molar-refractivity contribution in [3.63, 3.8) is 0 Å². The van der Waals surface area contributed by atoms with Crippen LogP contribution in [0.3, 0.4) is 0 Å². The van der Waals surface area contributed by atoms with Crippen molar-refractivity contribution in [2.75, 3.05) is 0 Å². The third-order valence-electron chi connectivity index (χ3n) is 3.20. The quantitative estimate of drug-likeness (QED) is 0.692. The molecule has 0 aliphatic rings. The Morgan fingerprint density at radius 3 is 2.27 bits per heavy atom. The summed E-state index contributed by atoms with van der Waals surface area (Å²) in [7, 11) is 0. The fourth-order valence-electron chi connectivity index (χ4n) is 1.95. The summed E-state index contributed by atoms with van der Waals surface area (Å²) in [4.78, 5) is 0. The summed E-state index contributed by atoms with van der Waals surface area (Å²) < 4.78 is 25.9. The summed E-state index contributed by atoms with van der Waals surface area (Å²) in [5.41, 5.74) is 0.856. The predicted molar refractivity (Wildman–Crippen MR) is 58.9 cm³/mol. The van der Waals surface area contributed by atoms with Gasteiger partial charge in [-0.2, -0.15) is 0 Å². The number of hydrogen-bond acceptors (Lipinski definition) is 0. The molecular formula is C13H18F2. The second-order valence-corrected chi connectivity index (χ2v) is 4.29. The van der Waals surface area contributed by atoms with Gasteiger partial charge in [0.05, 0.1) is 0 Å². The molecule has 84 valence electrons. The Hall–Kier alpha value is -0.920. The molecule has 0 radical (unpaired) electrons. The van der Waals surface area contributed by atoms with Gasteiger partial charge in [-0.15, -0.1) is 0 Å². The van der Waals surface area contributed by atoms with Crippen LogP contribution in [0, 0.1) is 11.6 Å². The van der Waals surface area contributed by atoms with Gasteiger partial charge in [0.2, 0.25) is 0 Å². The molecule has 0 heterocycles. The van der Waals surface area contributed by atoms with E-state index in [-0.39, 0.29) is 5.41 Å². The average molecular weight is 212 g/mol. The summed E-state index contributed by atoms with van der Waals surface area (Å²) in [5.74, 6) is -1.52. The number of rotatable bonds is 4. The van der Waals surface area contributed by atoms with Gasteiger partial charge in [0, 0.05) is 0 Å². The van der Waals surface area contributed by atoms with Gasteiger partial charge in [-0.25, -0.2) is 8.78 Å². The first-order valence-electron chi connectivity index (χ1n) is 5.49. The van der Waals surface area contributed by atoms with Crippen molar-refractivity contribution in [1.29, 1.82) is 0 Å². The van der Waals surface area contributed by atoms with Crippen LogP contribution in [-0.2, 0) is 5.41 Å². The van der Waals surface area contributed by atoms with E-state index in [0.717, 1.165) is 24.8 Å². The number of hydrogen-bond donors (Lipinski definition) is 0. The molecule has 1 rings (SSSR count). The van der Waals surface area contributed by atoms with Crippen LogP contribution >= 0.6 is 0 Å². The van der Waals surface area contributed by atoms with Gasteiger partial charge in [-0.1, -0.05) is 33.3 Å². The zero-order valence-electron chi connectivity index (χ0n) is 9.61. The van der Waals surface area contributed by atoms with Crippen LogP contribution in [0.4, 0.5) is 8.78 Å². The molecule has 1 unspecified atom stereocenters. The second kappa shape index (κ2) is 4.73. The van der Waals surface area contributed by atoms with Gasteiger partial charge < -0.3 is 0 Å². The summed E-state index contributed by atoms with van der Waals surface area (Å²) in [6, 6.07) is 4.24. The van der Waals surface area contributed by atoms with Gasteiger partial charge in [-0.05, 0) is 36.0 Å². The van der Waals surface area contributed by atoms with Crippen molar-refractivity contribution in [3.8, 4) is 0 Å². The first-order valence-corrected chi connectivity index (χ1v) is 5.49. The Bertz CT molecular complexity index is 333. The third kappa shape index (κ3) is 2.55. The predicted octanol–water partition coefficient (Wildman–Crippen LogP) is 4.43. The lowest BCUT2D eigenvalue weighted by Crippen LogP contribution is -2.20. The second-order valence-electron chi connectivity index (χ2n) is 4.29. The third-order valence-corrected chi connectivity index (χ3v) is 3.20. The standard InChI is InChI=1S/C13H18F2/c1-4-8-13(3,5-2)10-6-7-11(14)12(15)9-10/h6-7,9H,4-5,8H2,1-3H3. The van der Waals surface area contributed by atoms with E-state index in [1.807, 2.05) is 0 Å². The van der Waals surface area contributed by atoms with Crippen molar-refractivity contribution < 1.29 is 8.78 Å². The normalized spacial score (nSPS) is 15.0. The van der Waals surface area contributed by atoms with E-state index in [1.165, 1.54) is 12.1 Å². The van der Waals surface area contributed by atoms with Gasteiger partial charge in [0.15, 0.2) is 11.6 Å². The van der Waals surface area contributed by atoms with E-state index < -0.39 is 11.6 Å². The summed E-state index contributed by atoms with van der Waals surface area (Å²) in [6.45, 7) is 6.29. The Morgan fingerprint density at radius 2 is 1.80 bits per heavy atom. The zero-order valence-corrected chi connectivity index (χ0v) is 9.61. The van der Waals surface area contributed by atoms with Crippen molar-refractivity contribution >= 4 is 0 Å². The van der Waals surface area contributed by atoms with E-state index in [9.17, 15) is 8.78 Å². The maximum Gasteiger partial charge on any atom is 0.159 e. The fraction of sp³-hybridized carbons (Fsp3) is 0.538.